The molecule has 0 bridgehead atoms. The van der Waals surface area contributed by atoms with Crippen molar-refractivity contribution < 1.29 is 0 Å². The molecule has 2 aromatic rings. The molecule has 0 saturated heterocycles. The molecule has 0 aliphatic rings. The third kappa shape index (κ3) is 3.78. The van der Waals surface area contributed by atoms with E-state index in [0.29, 0.717) is 6.04 Å². The molecular weight excluding hydrogens is 276 g/mol. The molecule has 1 unspecified atom stereocenters. The SMILES string of the molecule is CCNC(Cc1nc(C)c(C)s1)c1ccc(Cl)cc1. The molecule has 0 spiro atoms. The second-order valence-electron chi connectivity index (χ2n) is 4.62. The third-order valence-corrected chi connectivity index (χ3v) is 4.52. The van der Waals surface area contributed by atoms with Gasteiger partial charge in [-0.3, -0.25) is 0 Å². The van der Waals surface area contributed by atoms with Crippen LogP contribution in [0.3, 0.4) is 0 Å². The molecule has 4 heteroatoms. The number of halogens is 1. The van der Waals surface area contributed by atoms with Crippen molar-refractivity contribution in [3.63, 3.8) is 0 Å². The third-order valence-electron chi connectivity index (χ3n) is 3.17. The number of rotatable bonds is 5. The monoisotopic (exact) mass is 294 g/mol. The predicted molar refractivity (Wildman–Crippen MR) is 83.2 cm³/mol. The molecule has 0 saturated carbocycles. The Hall–Kier alpha value is -0.900. The van der Waals surface area contributed by atoms with Crippen LogP contribution in [0, 0.1) is 13.8 Å². The average molecular weight is 295 g/mol. The number of benzene rings is 1. The van der Waals surface area contributed by atoms with E-state index in [-0.39, 0.29) is 0 Å². The first-order valence-corrected chi connectivity index (χ1v) is 7.71. The van der Waals surface area contributed by atoms with Gasteiger partial charge in [-0.1, -0.05) is 30.7 Å². The molecule has 19 heavy (non-hydrogen) atoms. The number of hydrogen-bond acceptors (Lipinski definition) is 3. The Kier molecular flexibility index (Phi) is 4.97. The van der Waals surface area contributed by atoms with Gasteiger partial charge in [0.1, 0.15) is 0 Å². The standard InChI is InChI=1S/C15H19ClN2S/c1-4-17-14(12-5-7-13(16)8-6-12)9-15-18-10(2)11(3)19-15/h5-8,14,17H,4,9H2,1-3H3. The van der Waals surface area contributed by atoms with Crippen LogP contribution in [0.15, 0.2) is 24.3 Å². The van der Waals surface area contributed by atoms with Crippen LogP contribution in [-0.4, -0.2) is 11.5 Å². The van der Waals surface area contributed by atoms with E-state index < -0.39 is 0 Å². The molecule has 0 fully saturated rings. The van der Waals surface area contributed by atoms with Gasteiger partial charge in [0.25, 0.3) is 0 Å². The molecule has 102 valence electrons. The lowest BCUT2D eigenvalue weighted by Crippen LogP contribution is -2.22. The maximum absolute atomic E-state index is 5.95. The van der Waals surface area contributed by atoms with Gasteiger partial charge in [0.15, 0.2) is 0 Å². The summed E-state index contributed by atoms with van der Waals surface area (Å²) in [5.41, 5.74) is 2.41. The molecule has 1 heterocycles. The maximum atomic E-state index is 5.95. The van der Waals surface area contributed by atoms with Crippen LogP contribution < -0.4 is 5.32 Å². The van der Waals surface area contributed by atoms with Crippen molar-refractivity contribution in [1.82, 2.24) is 10.3 Å². The van der Waals surface area contributed by atoms with Gasteiger partial charge in [-0.15, -0.1) is 11.3 Å². The van der Waals surface area contributed by atoms with Crippen molar-refractivity contribution in [1.29, 1.82) is 0 Å². The highest BCUT2D eigenvalue weighted by atomic mass is 35.5. The van der Waals surface area contributed by atoms with E-state index in [1.165, 1.54) is 15.4 Å². The lowest BCUT2D eigenvalue weighted by atomic mass is 10.0. The van der Waals surface area contributed by atoms with E-state index in [0.717, 1.165) is 23.7 Å². The van der Waals surface area contributed by atoms with Crippen molar-refractivity contribution >= 4 is 22.9 Å². The Morgan fingerprint density at radius 1 is 1.26 bits per heavy atom. The first-order chi connectivity index (χ1) is 9.10. The minimum atomic E-state index is 0.298. The zero-order chi connectivity index (χ0) is 13.8. The van der Waals surface area contributed by atoms with E-state index in [9.17, 15) is 0 Å². The van der Waals surface area contributed by atoms with Crippen molar-refractivity contribution in [2.24, 2.45) is 0 Å². The number of likely N-dealkylation sites (N-methyl/N-ethyl adjacent to an activating group) is 1. The van der Waals surface area contributed by atoms with E-state index in [1.807, 2.05) is 12.1 Å². The number of nitrogens with one attached hydrogen (secondary N) is 1. The molecule has 0 aliphatic carbocycles. The topological polar surface area (TPSA) is 24.9 Å². The highest BCUT2D eigenvalue weighted by Gasteiger charge is 2.14. The van der Waals surface area contributed by atoms with Gasteiger partial charge < -0.3 is 5.32 Å². The Balaban J connectivity index is 2.18. The highest BCUT2D eigenvalue weighted by Crippen LogP contribution is 2.24. The van der Waals surface area contributed by atoms with Crippen LogP contribution >= 0.6 is 22.9 Å². The Bertz CT molecular complexity index is 514. The maximum Gasteiger partial charge on any atom is 0.0949 e. The molecule has 1 aromatic heterocycles. The zero-order valence-corrected chi connectivity index (χ0v) is 13.1. The summed E-state index contributed by atoms with van der Waals surface area (Å²) >= 11 is 7.74. The predicted octanol–water partition coefficient (Wildman–Crippen LogP) is 4.31. The van der Waals surface area contributed by atoms with Crippen LogP contribution in [0.25, 0.3) is 0 Å². The number of thiazole rings is 1. The summed E-state index contributed by atoms with van der Waals surface area (Å²) in [5, 5.41) is 5.49. The van der Waals surface area contributed by atoms with Crippen molar-refractivity contribution in [2.75, 3.05) is 6.54 Å². The van der Waals surface area contributed by atoms with Crippen molar-refractivity contribution in [3.8, 4) is 0 Å². The molecule has 0 amide bonds. The summed E-state index contributed by atoms with van der Waals surface area (Å²) in [7, 11) is 0. The normalized spacial score (nSPS) is 12.6. The van der Waals surface area contributed by atoms with Crippen LogP contribution in [0.2, 0.25) is 5.02 Å². The van der Waals surface area contributed by atoms with E-state index in [1.54, 1.807) is 11.3 Å². The molecule has 1 atom stereocenters. The lowest BCUT2D eigenvalue weighted by Gasteiger charge is -2.17. The van der Waals surface area contributed by atoms with Crippen molar-refractivity contribution in [2.45, 2.75) is 33.2 Å². The summed E-state index contributed by atoms with van der Waals surface area (Å²) < 4.78 is 0. The second kappa shape index (κ2) is 6.51. The Morgan fingerprint density at radius 2 is 1.95 bits per heavy atom. The lowest BCUT2D eigenvalue weighted by molar-refractivity contribution is 0.548. The van der Waals surface area contributed by atoms with Crippen molar-refractivity contribution in [3.05, 3.63) is 50.4 Å². The zero-order valence-electron chi connectivity index (χ0n) is 11.5. The van der Waals surface area contributed by atoms with Gasteiger partial charge in [-0.05, 0) is 38.1 Å². The van der Waals surface area contributed by atoms with Gasteiger partial charge in [0, 0.05) is 22.4 Å². The fraction of sp³-hybridized carbons (Fsp3) is 0.400. The van der Waals surface area contributed by atoms with Gasteiger partial charge in [-0.2, -0.15) is 0 Å². The quantitative estimate of drug-likeness (QED) is 0.889. The van der Waals surface area contributed by atoms with E-state index in [2.05, 4.69) is 43.2 Å². The molecule has 2 nitrogen and oxygen atoms in total. The number of nitrogens with zero attached hydrogens (tertiary/aromatic N) is 1. The van der Waals surface area contributed by atoms with E-state index in [4.69, 9.17) is 11.6 Å². The van der Waals surface area contributed by atoms with Crippen LogP contribution in [-0.2, 0) is 6.42 Å². The molecular formula is C15H19ClN2S. The minimum absolute atomic E-state index is 0.298. The largest absolute Gasteiger partial charge is 0.310 e. The Labute approximate surface area is 123 Å². The highest BCUT2D eigenvalue weighted by molar-refractivity contribution is 7.11. The molecule has 0 aliphatic heterocycles. The first kappa shape index (κ1) is 14.5. The summed E-state index contributed by atoms with van der Waals surface area (Å²) in [6.45, 7) is 7.26. The van der Waals surface area contributed by atoms with Gasteiger partial charge in [0.2, 0.25) is 0 Å². The summed E-state index contributed by atoms with van der Waals surface area (Å²) in [5.74, 6) is 0. The summed E-state index contributed by atoms with van der Waals surface area (Å²) in [6.07, 6.45) is 0.925. The summed E-state index contributed by atoms with van der Waals surface area (Å²) in [4.78, 5) is 5.93. The van der Waals surface area contributed by atoms with Crippen LogP contribution in [0.4, 0.5) is 0 Å². The molecule has 1 aromatic carbocycles. The molecule has 0 radical (unpaired) electrons. The first-order valence-electron chi connectivity index (χ1n) is 6.52. The Morgan fingerprint density at radius 3 is 2.47 bits per heavy atom. The van der Waals surface area contributed by atoms with Gasteiger partial charge >= 0.3 is 0 Å². The smallest absolute Gasteiger partial charge is 0.0949 e. The number of aromatic nitrogens is 1. The molecule has 2 rings (SSSR count). The fourth-order valence-electron chi connectivity index (χ4n) is 2.05. The van der Waals surface area contributed by atoms with E-state index >= 15 is 0 Å². The minimum Gasteiger partial charge on any atom is -0.310 e. The van der Waals surface area contributed by atoms with Gasteiger partial charge in [-0.25, -0.2) is 4.98 Å². The van der Waals surface area contributed by atoms with Crippen LogP contribution in [0.1, 0.15) is 34.1 Å². The second-order valence-corrected chi connectivity index (χ2v) is 6.34. The number of aryl methyl sites for hydroxylation is 2. The summed E-state index contributed by atoms with van der Waals surface area (Å²) in [6, 6.07) is 8.36. The van der Waals surface area contributed by atoms with Gasteiger partial charge in [0.05, 0.1) is 10.7 Å². The van der Waals surface area contributed by atoms with Crippen LogP contribution in [0.5, 0.6) is 0 Å². The fourth-order valence-corrected chi connectivity index (χ4v) is 3.16. The molecule has 1 N–H and O–H groups in total. The average Bonchev–Trinajstić information content (AvgIpc) is 2.69. The number of hydrogen-bond donors (Lipinski definition) is 1.